The predicted molar refractivity (Wildman–Crippen MR) is 92.9 cm³/mol. The van der Waals surface area contributed by atoms with E-state index in [9.17, 15) is 0 Å². The second-order valence-corrected chi connectivity index (χ2v) is 6.31. The summed E-state index contributed by atoms with van der Waals surface area (Å²) in [6, 6.07) is 4.30. The van der Waals surface area contributed by atoms with Crippen LogP contribution in [0.1, 0.15) is 27.8 Å². The summed E-state index contributed by atoms with van der Waals surface area (Å²) in [5, 5.41) is 6.10. The number of allylic oxidation sites excluding steroid dienone is 2. The van der Waals surface area contributed by atoms with Crippen molar-refractivity contribution in [1.82, 2.24) is 0 Å². The third kappa shape index (κ3) is 1.70. The van der Waals surface area contributed by atoms with Crippen molar-refractivity contribution in [1.29, 1.82) is 0 Å². The van der Waals surface area contributed by atoms with E-state index in [4.69, 9.17) is 4.99 Å². The van der Waals surface area contributed by atoms with Crippen LogP contribution in [0.5, 0.6) is 0 Å². The van der Waals surface area contributed by atoms with Gasteiger partial charge in [-0.15, -0.1) is 0 Å². The van der Waals surface area contributed by atoms with Crippen LogP contribution in [0.15, 0.2) is 29.3 Å². The Balaban J connectivity index is 2.13. The Labute approximate surface area is 130 Å². The Kier molecular flexibility index (Phi) is 2.77. The van der Waals surface area contributed by atoms with Crippen LogP contribution >= 0.6 is 0 Å². The summed E-state index contributed by atoms with van der Waals surface area (Å²) in [5.41, 5.74) is 9.93. The van der Waals surface area contributed by atoms with Gasteiger partial charge in [0.05, 0.1) is 22.4 Å². The van der Waals surface area contributed by atoms with E-state index in [1.54, 1.807) is 0 Å². The van der Waals surface area contributed by atoms with Gasteiger partial charge in [-0.1, -0.05) is 24.3 Å². The number of aryl methyl sites for hydroxylation is 1. The van der Waals surface area contributed by atoms with Gasteiger partial charge < -0.3 is 5.32 Å². The fourth-order valence-electron chi connectivity index (χ4n) is 3.49. The second-order valence-electron chi connectivity index (χ2n) is 6.31. The van der Waals surface area contributed by atoms with E-state index in [2.05, 4.69) is 63.4 Å². The monoisotopic (exact) mass is 288 g/mol. The molecule has 0 saturated carbocycles. The fraction of sp³-hybridized carbons (Fsp3) is 0.250. The Morgan fingerprint density at radius 3 is 2.64 bits per heavy atom. The molecular formula is C20H20N2. The topological polar surface area (TPSA) is 24.4 Å². The zero-order chi connectivity index (χ0) is 15.4. The van der Waals surface area contributed by atoms with E-state index in [1.165, 1.54) is 38.7 Å². The van der Waals surface area contributed by atoms with Gasteiger partial charge in [-0.05, 0) is 73.2 Å². The van der Waals surface area contributed by atoms with Gasteiger partial charge in [0.2, 0.25) is 0 Å². The smallest absolute Gasteiger partial charge is 0.0907 e. The minimum atomic E-state index is 1.00. The molecule has 1 aliphatic heterocycles. The molecule has 2 aliphatic rings. The Morgan fingerprint density at radius 2 is 1.82 bits per heavy atom. The highest BCUT2D eigenvalue weighted by Gasteiger charge is 2.19. The maximum absolute atomic E-state index is 5.04. The first-order valence-corrected chi connectivity index (χ1v) is 7.83. The van der Waals surface area contributed by atoms with Crippen molar-refractivity contribution in [3.63, 3.8) is 0 Å². The number of rotatable bonds is 0. The zero-order valence-electron chi connectivity index (χ0n) is 13.5. The Hall–Kier alpha value is -2.35. The minimum Gasteiger partial charge on any atom is -0.352 e. The van der Waals surface area contributed by atoms with Gasteiger partial charge >= 0.3 is 0 Å². The van der Waals surface area contributed by atoms with E-state index in [0.717, 1.165) is 23.2 Å². The van der Waals surface area contributed by atoms with Crippen molar-refractivity contribution in [3.8, 4) is 0 Å². The van der Waals surface area contributed by atoms with Crippen LogP contribution in [0.25, 0.3) is 6.08 Å². The van der Waals surface area contributed by atoms with Gasteiger partial charge in [0.15, 0.2) is 0 Å². The lowest BCUT2D eigenvalue weighted by Gasteiger charge is -2.23. The molecule has 2 nitrogen and oxygen atoms in total. The highest BCUT2D eigenvalue weighted by atomic mass is 15.0. The first-order valence-electron chi connectivity index (χ1n) is 7.83. The summed E-state index contributed by atoms with van der Waals surface area (Å²) in [5.74, 6) is 0. The SMILES string of the molecule is Cc1ccc2c(c1C)N=c1c(C)c3c(c(C)c1N2)=CC=CC3. The van der Waals surface area contributed by atoms with Gasteiger partial charge in [-0.3, -0.25) is 0 Å². The van der Waals surface area contributed by atoms with Crippen molar-refractivity contribution in [2.45, 2.75) is 34.1 Å². The van der Waals surface area contributed by atoms with E-state index >= 15 is 0 Å². The molecule has 22 heavy (non-hydrogen) atoms. The number of fused-ring (bicyclic) bond motifs is 3. The Morgan fingerprint density at radius 1 is 1.00 bits per heavy atom. The van der Waals surface area contributed by atoms with Crippen molar-refractivity contribution in [2.75, 3.05) is 5.32 Å². The number of hydrogen-bond donors (Lipinski definition) is 1. The molecule has 110 valence electrons. The van der Waals surface area contributed by atoms with Crippen molar-refractivity contribution in [2.24, 2.45) is 4.99 Å². The van der Waals surface area contributed by atoms with Crippen molar-refractivity contribution >= 4 is 23.1 Å². The molecule has 4 rings (SSSR count). The van der Waals surface area contributed by atoms with Crippen LogP contribution in [0, 0.1) is 27.7 Å². The van der Waals surface area contributed by atoms with E-state index in [-0.39, 0.29) is 0 Å². The summed E-state index contributed by atoms with van der Waals surface area (Å²) in [7, 11) is 0. The molecule has 1 N–H and O–H groups in total. The number of hydrogen-bond acceptors (Lipinski definition) is 2. The molecule has 0 spiro atoms. The molecule has 0 saturated heterocycles. The molecule has 0 aromatic heterocycles. The number of anilines is 2. The van der Waals surface area contributed by atoms with Crippen molar-refractivity contribution < 1.29 is 0 Å². The summed E-state index contributed by atoms with van der Waals surface area (Å²) >= 11 is 0. The standard InChI is InChI=1S/C20H20N2/c1-11-9-10-17-18(12(11)2)22-20-14(4)16-8-6-5-7-15(16)13(3)19(20)21-17/h5-7,9-10,21H,8H2,1-4H3. The van der Waals surface area contributed by atoms with Crippen LogP contribution < -0.4 is 15.9 Å². The summed E-state index contributed by atoms with van der Waals surface area (Å²) in [4.78, 5) is 5.04. The summed E-state index contributed by atoms with van der Waals surface area (Å²) in [6.45, 7) is 8.69. The molecule has 1 heterocycles. The quantitative estimate of drug-likeness (QED) is 0.668. The highest BCUT2D eigenvalue weighted by molar-refractivity contribution is 5.80. The Bertz CT molecular complexity index is 963. The first-order chi connectivity index (χ1) is 10.6. The average Bonchev–Trinajstić information content (AvgIpc) is 2.55. The summed E-state index contributed by atoms with van der Waals surface area (Å²) < 4.78 is 0. The number of nitrogens with zero attached hydrogens (tertiary/aromatic N) is 1. The second kappa shape index (κ2) is 4.57. The van der Waals surface area contributed by atoms with Crippen LogP contribution in [0.3, 0.4) is 0 Å². The largest absolute Gasteiger partial charge is 0.352 e. The molecule has 0 bridgehead atoms. The number of benzene rings is 2. The minimum absolute atomic E-state index is 1.00. The van der Waals surface area contributed by atoms with Gasteiger partial charge in [-0.25, -0.2) is 4.99 Å². The van der Waals surface area contributed by atoms with Gasteiger partial charge in [0.25, 0.3) is 0 Å². The molecule has 2 heteroatoms. The molecule has 0 radical (unpaired) electrons. The molecule has 2 aromatic carbocycles. The average molecular weight is 288 g/mol. The van der Waals surface area contributed by atoms with Gasteiger partial charge in [-0.2, -0.15) is 0 Å². The van der Waals surface area contributed by atoms with Gasteiger partial charge in [0.1, 0.15) is 0 Å². The number of nitrogens with one attached hydrogen (secondary N) is 1. The molecule has 0 unspecified atom stereocenters. The molecule has 0 fully saturated rings. The van der Waals surface area contributed by atoms with Crippen LogP contribution in [-0.2, 0) is 6.42 Å². The van der Waals surface area contributed by atoms with Gasteiger partial charge in [0, 0.05) is 0 Å². The molecule has 0 amide bonds. The fourth-order valence-corrected chi connectivity index (χ4v) is 3.49. The van der Waals surface area contributed by atoms with Crippen molar-refractivity contribution in [3.05, 3.63) is 62.7 Å². The normalized spacial score (nSPS) is 14.2. The van der Waals surface area contributed by atoms with E-state index < -0.39 is 0 Å². The zero-order valence-corrected chi connectivity index (χ0v) is 13.5. The lowest BCUT2D eigenvalue weighted by molar-refractivity contribution is 1.09. The predicted octanol–water partition coefficient (Wildman–Crippen LogP) is 3.82. The van der Waals surface area contributed by atoms with Crippen LogP contribution in [-0.4, -0.2) is 0 Å². The lowest BCUT2D eigenvalue weighted by Crippen LogP contribution is -2.29. The molecule has 1 aliphatic carbocycles. The molecular weight excluding hydrogens is 268 g/mol. The third-order valence-corrected chi connectivity index (χ3v) is 5.05. The van der Waals surface area contributed by atoms with E-state index in [1.807, 2.05) is 0 Å². The maximum atomic E-state index is 5.04. The van der Waals surface area contributed by atoms with Crippen LogP contribution in [0.2, 0.25) is 0 Å². The lowest BCUT2D eigenvalue weighted by atomic mass is 9.92. The maximum Gasteiger partial charge on any atom is 0.0907 e. The summed E-state index contributed by atoms with van der Waals surface area (Å²) in [6.07, 6.45) is 7.60. The third-order valence-electron chi connectivity index (χ3n) is 5.05. The highest BCUT2D eigenvalue weighted by Crippen LogP contribution is 2.36. The molecule has 0 atom stereocenters. The van der Waals surface area contributed by atoms with E-state index in [0.29, 0.717) is 0 Å². The first kappa shape index (κ1) is 13.3. The molecule has 2 aromatic rings. The van der Waals surface area contributed by atoms with Crippen LogP contribution in [0.4, 0.5) is 17.1 Å².